The van der Waals surface area contributed by atoms with Crippen LogP contribution in [0.4, 0.5) is 0 Å². The first kappa shape index (κ1) is 128. The lowest BCUT2D eigenvalue weighted by atomic mass is 10.1. The minimum Gasteiger partial charge on any atom is -0.0795 e. The highest BCUT2D eigenvalue weighted by Gasteiger charge is 2.01. The summed E-state index contributed by atoms with van der Waals surface area (Å²) < 4.78 is 0. The van der Waals surface area contributed by atoms with Crippen molar-refractivity contribution in [1.29, 1.82) is 0 Å². The SMILES string of the molecule is C.C.C1=Cc2ccccc2C1.C1CCCC1.C1CCCC1.C1CCCC1.CC.CC.CC.CC.CC.CC.CC.CC.CC.CCC.CCC.CCC.CCC.CCC.CCC.CCc1ccccc1.CCc1ccccc1.c1ccc(Cc2ccccc2)cc1.c1ccc2ccccc2c1. The molecule has 592 valence electrons. The van der Waals surface area contributed by atoms with Gasteiger partial charge in [0.1, 0.15) is 0 Å². The molecule has 0 aromatic heterocycles. The molecule has 11 rings (SSSR count). The average molecular weight is 1400 g/mol. The van der Waals surface area contributed by atoms with Crippen molar-refractivity contribution < 1.29 is 0 Å². The van der Waals surface area contributed by atoms with Crippen molar-refractivity contribution in [1.82, 2.24) is 0 Å². The van der Waals surface area contributed by atoms with E-state index >= 15 is 0 Å². The van der Waals surface area contributed by atoms with Crippen molar-refractivity contribution in [3.8, 4) is 0 Å². The second-order valence-electron chi connectivity index (χ2n) is 21.0. The van der Waals surface area contributed by atoms with Crippen molar-refractivity contribution in [3.63, 3.8) is 0 Å². The molecule has 7 aromatic rings. The highest BCUT2D eigenvalue weighted by atomic mass is 14.1. The number of rotatable bonds is 4. The van der Waals surface area contributed by atoms with Gasteiger partial charge in [-0.15, -0.1) is 0 Å². The van der Waals surface area contributed by atoms with Crippen LogP contribution in [0.5, 0.6) is 0 Å². The van der Waals surface area contributed by atoms with E-state index in [1.54, 1.807) is 0 Å². The van der Waals surface area contributed by atoms with E-state index in [1.807, 2.05) is 137 Å². The smallest absolute Gasteiger partial charge is 0.00258 e. The van der Waals surface area contributed by atoms with Gasteiger partial charge in [0.25, 0.3) is 0 Å². The summed E-state index contributed by atoms with van der Waals surface area (Å²) >= 11 is 0. The number of fused-ring (bicyclic) bond motifs is 2. The standard InChI is InChI=1S/C13H12.C10H8.C9H8.2C8H10.3C5H10.6C3H8.9C2H6.2CH4/c1-3-7-12(8-4-1)11-13-9-5-2-6-10-13;1-2-6-10-8-4-3-7-9(10)5-1;1-2-5-9-7-3-6-8(9)4-1;2*1-2-8-6-4-3-5-7-8;3*1-2-4-5-3-1;6*1-3-2;9*1-2;;/h1-10H,11H2;1-8H;1-6H,7H2;2*3-7H,2H2,1H3;3*1-5H2;6*3H2,1-2H3;9*1-2H3;2*1H4. The maximum absolute atomic E-state index is 2.20. The summed E-state index contributed by atoms with van der Waals surface area (Å²) in [6, 6.07) is 67.2. The minimum atomic E-state index is 0. The summed E-state index contributed by atoms with van der Waals surface area (Å²) in [4.78, 5) is 0. The van der Waals surface area contributed by atoms with Crippen LogP contribution in [0.1, 0.15) is 405 Å². The third kappa shape index (κ3) is 113. The Morgan fingerprint density at radius 1 is 0.208 bits per heavy atom. The van der Waals surface area contributed by atoms with E-state index in [4.69, 9.17) is 0 Å². The summed E-state index contributed by atoms with van der Waals surface area (Å²) in [6.45, 7) is 65.8. The van der Waals surface area contributed by atoms with Gasteiger partial charge in [0.15, 0.2) is 0 Å². The van der Waals surface area contributed by atoms with Crippen LogP contribution in [0.15, 0.2) is 200 Å². The molecule has 0 radical (unpaired) electrons. The maximum Gasteiger partial charge on any atom is -0.00258 e. The normalized spacial score (nSPS) is 10.1. The Morgan fingerprint density at radius 3 is 0.554 bits per heavy atom. The van der Waals surface area contributed by atoms with Gasteiger partial charge in [0, 0.05) is 0 Å². The zero-order chi connectivity index (χ0) is 78.3. The van der Waals surface area contributed by atoms with Crippen molar-refractivity contribution in [3.05, 3.63) is 234 Å². The summed E-state index contributed by atoms with van der Waals surface area (Å²) in [6.07, 6.45) is 38.8. The van der Waals surface area contributed by atoms with Crippen LogP contribution >= 0.6 is 0 Å². The highest BCUT2D eigenvalue weighted by Crippen LogP contribution is 2.18. The van der Waals surface area contributed by atoms with E-state index < -0.39 is 0 Å². The number of allylic oxidation sites excluding steroid dienone is 1. The lowest BCUT2D eigenvalue weighted by molar-refractivity contribution is 0.886. The van der Waals surface area contributed by atoms with Crippen molar-refractivity contribution in [2.75, 3.05) is 0 Å². The molecule has 0 N–H and O–H groups in total. The van der Waals surface area contributed by atoms with E-state index in [-0.39, 0.29) is 14.9 Å². The number of hydrogen-bond acceptors (Lipinski definition) is 0. The number of benzene rings is 7. The molecule has 0 atom stereocenters. The zero-order valence-electron chi connectivity index (χ0n) is 73.3. The summed E-state index contributed by atoms with van der Waals surface area (Å²) in [5.74, 6) is 0. The summed E-state index contributed by atoms with van der Waals surface area (Å²) in [7, 11) is 0. The fourth-order valence-corrected chi connectivity index (χ4v) is 7.83. The summed E-state index contributed by atoms with van der Waals surface area (Å²) in [5, 5.41) is 2.62. The van der Waals surface area contributed by atoms with Crippen LogP contribution in [-0.4, -0.2) is 0 Å². The molecule has 0 spiro atoms. The topological polar surface area (TPSA) is 0 Å². The largest absolute Gasteiger partial charge is 0.0795 e. The van der Waals surface area contributed by atoms with E-state index in [9.17, 15) is 0 Å². The molecule has 4 aliphatic rings. The predicted molar refractivity (Wildman–Crippen MR) is 491 cm³/mol. The molecule has 0 heterocycles. The lowest BCUT2D eigenvalue weighted by Crippen LogP contribution is -1.85. The van der Waals surface area contributed by atoms with Gasteiger partial charge in [-0.1, -0.05) is 578 Å². The molecule has 0 saturated heterocycles. The lowest BCUT2D eigenvalue weighted by Gasteiger charge is -2.00. The predicted octanol–water partition coefficient (Wildman–Crippen LogP) is 37.7. The van der Waals surface area contributed by atoms with E-state index in [0.29, 0.717) is 0 Å². The molecule has 3 saturated carbocycles. The third-order valence-corrected chi connectivity index (χ3v) is 11.7. The van der Waals surface area contributed by atoms with E-state index in [2.05, 4.69) is 291 Å². The molecule has 0 heteroatoms. The minimum absolute atomic E-state index is 0. The number of aryl methyl sites for hydroxylation is 2. The molecule has 3 fully saturated rings. The Morgan fingerprint density at radius 2 is 0.376 bits per heavy atom. The Balaban J connectivity index is -0.0000000674. The third-order valence-electron chi connectivity index (χ3n) is 11.7. The Bertz CT molecular complexity index is 2000. The van der Waals surface area contributed by atoms with E-state index in [1.165, 1.54) is 179 Å². The van der Waals surface area contributed by atoms with Gasteiger partial charge in [-0.3, -0.25) is 0 Å². The molecule has 4 aliphatic carbocycles. The van der Waals surface area contributed by atoms with Crippen molar-refractivity contribution in [2.45, 2.75) is 397 Å². The Hall–Kier alpha value is -5.46. The van der Waals surface area contributed by atoms with Crippen LogP contribution in [-0.2, 0) is 25.7 Å². The molecule has 7 aromatic carbocycles. The van der Waals surface area contributed by atoms with Crippen LogP contribution in [0, 0.1) is 0 Å². The van der Waals surface area contributed by atoms with Gasteiger partial charge in [-0.05, 0) is 69.8 Å². The molecule has 0 unspecified atom stereocenters. The first-order chi connectivity index (χ1) is 48.7. The first-order valence-corrected chi connectivity index (χ1v) is 42.1. The molecule has 0 amide bonds. The Labute approximate surface area is 643 Å². The van der Waals surface area contributed by atoms with Gasteiger partial charge in [0.05, 0.1) is 0 Å². The highest BCUT2D eigenvalue weighted by molar-refractivity contribution is 5.82. The second kappa shape index (κ2) is 138. The maximum atomic E-state index is 2.20. The van der Waals surface area contributed by atoms with E-state index in [0.717, 1.165) is 25.7 Å². The van der Waals surface area contributed by atoms with Crippen LogP contribution < -0.4 is 0 Å². The van der Waals surface area contributed by atoms with Gasteiger partial charge < -0.3 is 0 Å². The number of hydrogen-bond donors (Lipinski definition) is 0. The fraction of sp³-hybridized carbons (Fsp3) is 0.584. The summed E-state index contributed by atoms with van der Waals surface area (Å²) in [5.41, 5.74) is 8.40. The molecular formula is C101H188. The molecule has 0 nitrogen and oxygen atoms in total. The monoisotopic (exact) mass is 1400 g/mol. The van der Waals surface area contributed by atoms with Crippen molar-refractivity contribution in [2.24, 2.45) is 0 Å². The molecular weight excluding hydrogens is 1210 g/mol. The van der Waals surface area contributed by atoms with Crippen LogP contribution in [0.3, 0.4) is 0 Å². The zero-order valence-corrected chi connectivity index (χ0v) is 73.3. The van der Waals surface area contributed by atoms with Gasteiger partial charge in [0.2, 0.25) is 0 Å². The Kier molecular flexibility index (Phi) is 175. The van der Waals surface area contributed by atoms with Crippen LogP contribution in [0.25, 0.3) is 16.8 Å². The first-order valence-electron chi connectivity index (χ1n) is 42.1. The quantitative estimate of drug-likeness (QED) is 0.165. The average Bonchev–Trinajstić information content (AvgIpc) is 1.69. The second-order valence-corrected chi connectivity index (χ2v) is 21.0. The molecule has 101 heavy (non-hydrogen) atoms. The van der Waals surface area contributed by atoms with Gasteiger partial charge in [-0.2, -0.15) is 0 Å². The fourth-order valence-electron chi connectivity index (χ4n) is 7.83. The van der Waals surface area contributed by atoms with Crippen molar-refractivity contribution >= 4 is 16.8 Å². The molecule has 0 aliphatic heterocycles. The van der Waals surface area contributed by atoms with Crippen LogP contribution in [0.2, 0.25) is 0 Å². The van der Waals surface area contributed by atoms with Gasteiger partial charge in [-0.25, -0.2) is 0 Å². The van der Waals surface area contributed by atoms with Gasteiger partial charge >= 0.3 is 0 Å². The molecule has 0 bridgehead atoms.